The average molecular weight is 433 g/mol. The van der Waals surface area contributed by atoms with Crippen molar-refractivity contribution in [2.24, 2.45) is 5.92 Å². The van der Waals surface area contributed by atoms with Gasteiger partial charge >= 0.3 is 0 Å². The Balaban J connectivity index is 1.64. The van der Waals surface area contributed by atoms with E-state index in [4.69, 9.17) is 16.3 Å². The van der Waals surface area contributed by atoms with Crippen LogP contribution in [0, 0.1) is 12.8 Å². The minimum absolute atomic E-state index is 0.0344. The van der Waals surface area contributed by atoms with E-state index in [0.29, 0.717) is 48.1 Å². The maximum atomic E-state index is 12.9. The summed E-state index contributed by atoms with van der Waals surface area (Å²) < 4.78 is 7.14. The first-order valence-electron chi connectivity index (χ1n) is 10.1. The number of amides is 2. The third-order valence-corrected chi connectivity index (χ3v) is 5.50. The molecule has 1 aromatic carbocycles. The van der Waals surface area contributed by atoms with Crippen LogP contribution < -0.4 is 10.1 Å². The minimum Gasteiger partial charge on any atom is -0.496 e. The molecule has 2 amide bonds. The summed E-state index contributed by atoms with van der Waals surface area (Å²) in [4.78, 5) is 27.5. The smallest absolute Gasteiger partial charge is 0.257 e. The average Bonchev–Trinajstić information content (AvgIpc) is 3.08. The molecule has 2 heterocycles. The normalized spacial score (nSPS) is 15.2. The van der Waals surface area contributed by atoms with Crippen molar-refractivity contribution in [3.63, 3.8) is 0 Å². The highest BCUT2D eigenvalue weighted by molar-refractivity contribution is 6.31. The molecule has 1 N–H and O–H groups in total. The Morgan fingerprint density at radius 1 is 1.20 bits per heavy atom. The summed E-state index contributed by atoms with van der Waals surface area (Å²) in [5.41, 5.74) is 1.07. The minimum atomic E-state index is -0.233. The molecule has 1 aliphatic heterocycles. The Bertz CT molecular complexity index is 940. The van der Waals surface area contributed by atoms with E-state index in [2.05, 4.69) is 10.4 Å². The van der Waals surface area contributed by atoms with Gasteiger partial charge in [-0.25, -0.2) is 4.68 Å². The lowest BCUT2D eigenvalue weighted by Crippen LogP contribution is -2.41. The second-order valence-corrected chi connectivity index (χ2v) is 9.09. The number of hydrogen-bond donors (Lipinski definition) is 1. The molecule has 30 heavy (non-hydrogen) atoms. The highest BCUT2D eigenvalue weighted by Gasteiger charge is 2.30. The van der Waals surface area contributed by atoms with E-state index in [1.807, 2.05) is 38.4 Å². The number of hydrogen-bond acceptors (Lipinski definition) is 4. The molecule has 0 radical (unpaired) electrons. The fourth-order valence-corrected chi connectivity index (χ4v) is 3.86. The van der Waals surface area contributed by atoms with Crippen LogP contribution in [0.3, 0.4) is 0 Å². The number of piperidine rings is 1. The molecule has 162 valence electrons. The number of halogens is 1. The van der Waals surface area contributed by atoms with Gasteiger partial charge in [-0.2, -0.15) is 5.10 Å². The Labute approximate surface area is 182 Å². The third-order valence-electron chi connectivity index (χ3n) is 5.26. The van der Waals surface area contributed by atoms with E-state index < -0.39 is 0 Å². The number of anilines is 1. The summed E-state index contributed by atoms with van der Waals surface area (Å²) in [5, 5.41) is 8.01. The number of ether oxygens (including phenoxy) is 1. The molecule has 0 saturated carbocycles. The van der Waals surface area contributed by atoms with Crippen molar-refractivity contribution in [3.05, 3.63) is 40.5 Å². The quantitative estimate of drug-likeness (QED) is 0.789. The van der Waals surface area contributed by atoms with Crippen LogP contribution >= 0.6 is 11.6 Å². The molecule has 0 bridgehead atoms. The van der Waals surface area contributed by atoms with Gasteiger partial charge in [-0.15, -0.1) is 0 Å². The zero-order chi connectivity index (χ0) is 22.1. The summed E-state index contributed by atoms with van der Waals surface area (Å²) in [6.45, 7) is 9.05. The number of carbonyl (C=O) groups excluding carboxylic acids is 2. The van der Waals surface area contributed by atoms with Gasteiger partial charge in [0.2, 0.25) is 5.91 Å². The van der Waals surface area contributed by atoms with Crippen LogP contribution in [-0.2, 0) is 10.3 Å². The molecule has 0 atom stereocenters. The number of rotatable bonds is 4. The standard InChI is InChI=1S/C22H29ClN4O3/c1-14-12-19(27(25-14)22(2,3)4)24-20(28)15-8-10-26(11-9-15)21(29)17-13-16(23)6-7-18(17)30-5/h6-7,12-13,15H,8-11H2,1-5H3,(H,24,28). The zero-order valence-electron chi connectivity index (χ0n) is 18.2. The maximum absolute atomic E-state index is 12.9. The highest BCUT2D eigenvalue weighted by atomic mass is 35.5. The van der Waals surface area contributed by atoms with E-state index >= 15 is 0 Å². The predicted molar refractivity (Wildman–Crippen MR) is 117 cm³/mol. The second-order valence-electron chi connectivity index (χ2n) is 8.65. The summed E-state index contributed by atoms with van der Waals surface area (Å²) >= 11 is 6.06. The van der Waals surface area contributed by atoms with Gasteiger partial charge in [0, 0.05) is 30.1 Å². The Morgan fingerprint density at radius 3 is 2.47 bits per heavy atom. The lowest BCUT2D eigenvalue weighted by atomic mass is 9.95. The van der Waals surface area contributed by atoms with Crippen molar-refractivity contribution in [2.45, 2.75) is 46.1 Å². The van der Waals surface area contributed by atoms with Crippen molar-refractivity contribution in [1.82, 2.24) is 14.7 Å². The van der Waals surface area contributed by atoms with Gasteiger partial charge in [0.15, 0.2) is 0 Å². The fourth-order valence-electron chi connectivity index (χ4n) is 3.69. The number of nitrogens with one attached hydrogen (secondary N) is 1. The molecule has 3 rings (SSSR count). The number of aromatic nitrogens is 2. The number of aryl methyl sites for hydroxylation is 1. The monoisotopic (exact) mass is 432 g/mol. The van der Waals surface area contributed by atoms with Gasteiger partial charge in [0.25, 0.3) is 5.91 Å². The van der Waals surface area contributed by atoms with Crippen LogP contribution in [0.25, 0.3) is 0 Å². The second kappa shape index (κ2) is 8.68. The number of nitrogens with zero attached hydrogens (tertiary/aromatic N) is 3. The Kier molecular flexibility index (Phi) is 6.41. The molecule has 2 aromatic rings. The SMILES string of the molecule is COc1ccc(Cl)cc1C(=O)N1CCC(C(=O)Nc2cc(C)nn2C(C)(C)C)CC1. The number of benzene rings is 1. The van der Waals surface area contributed by atoms with E-state index in [1.54, 1.807) is 23.1 Å². The first-order chi connectivity index (χ1) is 14.1. The molecule has 1 saturated heterocycles. The molecule has 1 aromatic heterocycles. The first kappa shape index (κ1) is 22.2. The van der Waals surface area contributed by atoms with Crippen molar-refractivity contribution < 1.29 is 14.3 Å². The van der Waals surface area contributed by atoms with Crippen molar-refractivity contribution in [2.75, 3.05) is 25.5 Å². The van der Waals surface area contributed by atoms with Gasteiger partial charge in [-0.05, 0) is 58.7 Å². The van der Waals surface area contributed by atoms with E-state index in [0.717, 1.165) is 5.69 Å². The Hall–Kier alpha value is -2.54. The summed E-state index contributed by atoms with van der Waals surface area (Å²) in [5.74, 6) is 0.878. The van der Waals surface area contributed by atoms with E-state index in [-0.39, 0.29) is 23.3 Å². The molecule has 0 spiro atoms. The van der Waals surface area contributed by atoms with Gasteiger partial charge in [0.1, 0.15) is 11.6 Å². The molecule has 7 nitrogen and oxygen atoms in total. The number of carbonyl (C=O) groups is 2. The van der Waals surface area contributed by atoms with Crippen LogP contribution in [0.2, 0.25) is 5.02 Å². The van der Waals surface area contributed by atoms with Crippen LogP contribution in [-0.4, -0.2) is 46.7 Å². The fraction of sp³-hybridized carbons (Fsp3) is 0.500. The molecular weight excluding hydrogens is 404 g/mol. The van der Waals surface area contributed by atoms with Gasteiger partial charge in [-0.3, -0.25) is 9.59 Å². The van der Waals surface area contributed by atoms with E-state index in [1.165, 1.54) is 7.11 Å². The molecule has 8 heteroatoms. The topological polar surface area (TPSA) is 76.5 Å². The number of methoxy groups -OCH3 is 1. The highest BCUT2D eigenvalue weighted by Crippen LogP contribution is 2.27. The first-order valence-corrected chi connectivity index (χ1v) is 10.5. The van der Waals surface area contributed by atoms with Crippen molar-refractivity contribution in [3.8, 4) is 5.75 Å². The van der Waals surface area contributed by atoms with Gasteiger partial charge in [-0.1, -0.05) is 11.6 Å². The lowest BCUT2D eigenvalue weighted by molar-refractivity contribution is -0.121. The largest absolute Gasteiger partial charge is 0.496 e. The van der Waals surface area contributed by atoms with Crippen molar-refractivity contribution >= 4 is 29.2 Å². The molecular formula is C22H29ClN4O3. The molecule has 0 aliphatic carbocycles. The maximum Gasteiger partial charge on any atom is 0.257 e. The molecule has 1 fully saturated rings. The molecule has 0 unspecified atom stereocenters. The van der Waals surface area contributed by atoms with Gasteiger partial charge < -0.3 is 15.0 Å². The van der Waals surface area contributed by atoms with Crippen LogP contribution in [0.5, 0.6) is 5.75 Å². The zero-order valence-corrected chi connectivity index (χ0v) is 18.9. The molecule has 1 aliphatic rings. The third kappa shape index (κ3) is 4.78. The predicted octanol–water partition coefficient (Wildman–Crippen LogP) is 4.10. The van der Waals surface area contributed by atoms with Gasteiger partial charge in [0.05, 0.1) is 23.9 Å². The number of likely N-dealkylation sites (tertiary alicyclic amines) is 1. The van der Waals surface area contributed by atoms with E-state index in [9.17, 15) is 9.59 Å². The lowest BCUT2D eigenvalue weighted by Gasteiger charge is -2.32. The van der Waals surface area contributed by atoms with Crippen LogP contribution in [0.1, 0.15) is 49.7 Å². The Morgan fingerprint density at radius 2 is 1.87 bits per heavy atom. The summed E-state index contributed by atoms with van der Waals surface area (Å²) in [6, 6.07) is 6.89. The summed E-state index contributed by atoms with van der Waals surface area (Å²) in [6.07, 6.45) is 1.20. The van der Waals surface area contributed by atoms with Crippen molar-refractivity contribution in [1.29, 1.82) is 0 Å². The summed E-state index contributed by atoms with van der Waals surface area (Å²) in [7, 11) is 1.53. The van der Waals surface area contributed by atoms with Crippen LogP contribution in [0.15, 0.2) is 24.3 Å². The van der Waals surface area contributed by atoms with Crippen LogP contribution in [0.4, 0.5) is 5.82 Å².